The molecule has 0 aliphatic carbocycles. The molecular weight excluding hydrogens is 430 g/mol. The number of nitrogens with zero attached hydrogens (tertiary/aromatic N) is 3. The van der Waals surface area contributed by atoms with E-state index in [0.717, 1.165) is 42.6 Å². The van der Waals surface area contributed by atoms with Crippen LogP contribution < -0.4 is 10.4 Å². The van der Waals surface area contributed by atoms with Crippen LogP contribution in [-0.4, -0.2) is 32.5 Å². The predicted octanol–water partition coefficient (Wildman–Crippen LogP) is 4.40. The standard InChI is InChI=1S/C27H35N3O4/c1-5-19-29-24(28-30(26(29)32)20-22-11-8-7-9-12-22)14-10-13-21-15-17-23(18-16-21)34-27(3,4)25(31)33-6-2/h7-9,11-12,15-18H,5-6,10,13-14,19-20H2,1-4H3. The quantitative estimate of drug-likeness (QED) is 0.371. The van der Waals surface area contributed by atoms with Gasteiger partial charge >= 0.3 is 11.7 Å². The molecule has 0 amide bonds. The third-order valence-electron chi connectivity index (χ3n) is 5.55. The number of ether oxygens (including phenoxy) is 2. The summed E-state index contributed by atoms with van der Waals surface area (Å²) < 4.78 is 14.3. The Morgan fingerprint density at radius 2 is 1.68 bits per heavy atom. The topological polar surface area (TPSA) is 75.3 Å². The van der Waals surface area contributed by atoms with E-state index >= 15 is 0 Å². The molecule has 0 spiro atoms. The molecule has 182 valence electrons. The third kappa shape index (κ3) is 6.59. The van der Waals surface area contributed by atoms with Crippen LogP contribution in [0.5, 0.6) is 5.75 Å². The Morgan fingerprint density at radius 3 is 2.32 bits per heavy atom. The molecule has 3 aromatic rings. The number of rotatable bonds is 12. The van der Waals surface area contributed by atoms with Crippen LogP contribution in [-0.2, 0) is 35.5 Å². The summed E-state index contributed by atoms with van der Waals surface area (Å²) in [4.78, 5) is 24.9. The van der Waals surface area contributed by atoms with Gasteiger partial charge in [-0.2, -0.15) is 5.10 Å². The first-order valence-electron chi connectivity index (χ1n) is 12.0. The molecule has 0 fully saturated rings. The minimum atomic E-state index is -1.04. The number of carbonyl (C=O) groups excluding carboxylic acids is 1. The second-order valence-electron chi connectivity index (χ2n) is 8.82. The monoisotopic (exact) mass is 465 g/mol. The Balaban J connectivity index is 1.61. The zero-order valence-electron chi connectivity index (χ0n) is 20.6. The van der Waals surface area contributed by atoms with Gasteiger partial charge in [-0.3, -0.25) is 4.57 Å². The van der Waals surface area contributed by atoms with Crippen LogP contribution in [0.4, 0.5) is 0 Å². The Labute approximate surface area is 201 Å². The fourth-order valence-electron chi connectivity index (χ4n) is 3.79. The molecule has 0 bridgehead atoms. The normalized spacial score (nSPS) is 11.4. The molecule has 0 unspecified atom stereocenters. The van der Waals surface area contributed by atoms with E-state index in [-0.39, 0.29) is 11.7 Å². The fraction of sp³-hybridized carbons (Fsp3) is 0.444. The molecular formula is C27H35N3O4. The molecule has 0 aliphatic heterocycles. The fourth-order valence-corrected chi connectivity index (χ4v) is 3.79. The molecule has 0 atom stereocenters. The smallest absolute Gasteiger partial charge is 0.349 e. The van der Waals surface area contributed by atoms with Gasteiger partial charge in [0.15, 0.2) is 5.60 Å². The van der Waals surface area contributed by atoms with Crippen LogP contribution in [0.1, 0.15) is 57.5 Å². The molecule has 0 saturated heterocycles. The van der Waals surface area contributed by atoms with Crippen molar-refractivity contribution in [2.24, 2.45) is 0 Å². The maximum atomic E-state index is 12.9. The molecule has 0 N–H and O–H groups in total. The van der Waals surface area contributed by atoms with Crippen molar-refractivity contribution in [2.45, 2.75) is 72.1 Å². The summed E-state index contributed by atoms with van der Waals surface area (Å²) in [6.45, 7) is 8.71. The van der Waals surface area contributed by atoms with Crippen molar-refractivity contribution in [1.82, 2.24) is 14.3 Å². The Kier molecular flexibility index (Phi) is 8.68. The van der Waals surface area contributed by atoms with Crippen molar-refractivity contribution < 1.29 is 14.3 Å². The first-order valence-corrected chi connectivity index (χ1v) is 12.0. The van der Waals surface area contributed by atoms with Crippen LogP contribution >= 0.6 is 0 Å². The largest absolute Gasteiger partial charge is 0.476 e. The van der Waals surface area contributed by atoms with Crippen molar-refractivity contribution in [2.75, 3.05) is 6.61 Å². The van der Waals surface area contributed by atoms with Crippen LogP contribution in [0.2, 0.25) is 0 Å². The van der Waals surface area contributed by atoms with Crippen molar-refractivity contribution in [3.8, 4) is 5.75 Å². The second kappa shape index (κ2) is 11.7. The van der Waals surface area contributed by atoms with Crippen molar-refractivity contribution in [1.29, 1.82) is 0 Å². The first-order chi connectivity index (χ1) is 16.3. The second-order valence-corrected chi connectivity index (χ2v) is 8.82. The highest BCUT2D eigenvalue weighted by Crippen LogP contribution is 2.21. The average Bonchev–Trinajstić information content (AvgIpc) is 3.10. The van der Waals surface area contributed by atoms with Gasteiger partial charge < -0.3 is 9.47 Å². The Hall–Kier alpha value is -3.35. The van der Waals surface area contributed by atoms with Gasteiger partial charge in [-0.05, 0) is 63.3 Å². The molecule has 1 aromatic heterocycles. The lowest BCUT2D eigenvalue weighted by Gasteiger charge is -2.24. The van der Waals surface area contributed by atoms with E-state index in [2.05, 4.69) is 12.0 Å². The van der Waals surface area contributed by atoms with Gasteiger partial charge in [0.1, 0.15) is 11.6 Å². The minimum Gasteiger partial charge on any atom is -0.476 e. The van der Waals surface area contributed by atoms with E-state index in [1.165, 1.54) is 0 Å². The van der Waals surface area contributed by atoms with E-state index < -0.39 is 5.60 Å². The van der Waals surface area contributed by atoms with Gasteiger partial charge in [0.05, 0.1) is 13.2 Å². The van der Waals surface area contributed by atoms with Gasteiger partial charge in [0.25, 0.3) is 0 Å². The van der Waals surface area contributed by atoms with Gasteiger partial charge in [0, 0.05) is 13.0 Å². The van der Waals surface area contributed by atoms with E-state index in [4.69, 9.17) is 9.47 Å². The molecule has 0 aliphatic rings. The molecule has 0 radical (unpaired) electrons. The number of carbonyl (C=O) groups is 1. The predicted molar refractivity (Wildman–Crippen MR) is 132 cm³/mol. The van der Waals surface area contributed by atoms with E-state index in [0.29, 0.717) is 25.4 Å². The van der Waals surface area contributed by atoms with Gasteiger partial charge in [-0.1, -0.05) is 49.4 Å². The lowest BCUT2D eigenvalue weighted by Crippen LogP contribution is -2.39. The van der Waals surface area contributed by atoms with Crippen molar-refractivity contribution in [3.63, 3.8) is 0 Å². The SMILES string of the molecule is CCCn1c(CCCc2ccc(OC(C)(C)C(=O)OCC)cc2)nn(Cc2ccccc2)c1=O. The lowest BCUT2D eigenvalue weighted by atomic mass is 10.1. The van der Waals surface area contributed by atoms with Gasteiger partial charge in [-0.15, -0.1) is 0 Å². The average molecular weight is 466 g/mol. The maximum Gasteiger partial charge on any atom is 0.349 e. The van der Waals surface area contributed by atoms with Gasteiger partial charge in [-0.25, -0.2) is 14.3 Å². The highest BCUT2D eigenvalue weighted by Gasteiger charge is 2.31. The zero-order valence-corrected chi connectivity index (χ0v) is 20.6. The summed E-state index contributed by atoms with van der Waals surface area (Å²) in [7, 11) is 0. The Morgan fingerprint density at radius 1 is 0.971 bits per heavy atom. The van der Waals surface area contributed by atoms with E-state index in [9.17, 15) is 9.59 Å². The summed E-state index contributed by atoms with van der Waals surface area (Å²) in [5.74, 6) is 1.07. The Bertz CT molecular complexity index is 1120. The first kappa shape index (κ1) is 25.3. The van der Waals surface area contributed by atoms with Crippen LogP contribution in [0.15, 0.2) is 59.4 Å². The summed E-state index contributed by atoms with van der Waals surface area (Å²) in [5.41, 5.74) is 1.13. The molecule has 1 heterocycles. The number of aryl methyl sites for hydroxylation is 2. The number of benzene rings is 2. The summed E-state index contributed by atoms with van der Waals surface area (Å²) in [6.07, 6.45) is 3.34. The summed E-state index contributed by atoms with van der Waals surface area (Å²) >= 11 is 0. The number of aromatic nitrogens is 3. The zero-order chi connectivity index (χ0) is 24.6. The number of hydrogen-bond acceptors (Lipinski definition) is 5. The van der Waals surface area contributed by atoms with Crippen LogP contribution in [0, 0.1) is 0 Å². The van der Waals surface area contributed by atoms with Crippen LogP contribution in [0.25, 0.3) is 0 Å². The summed E-state index contributed by atoms with van der Waals surface area (Å²) in [5, 5.41) is 4.64. The highest BCUT2D eigenvalue weighted by atomic mass is 16.6. The number of hydrogen-bond donors (Lipinski definition) is 0. The molecule has 34 heavy (non-hydrogen) atoms. The lowest BCUT2D eigenvalue weighted by molar-refractivity contribution is -0.158. The van der Waals surface area contributed by atoms with E-state index in [1.54, 1.807) is 30.0 Å². The van der Waals surface area contributed by atoms with Crippen molar-refractivity contribution >= 4 is 5.97 Å². The molecule has 0 saturated carbocycles. The van der Waals surface area contributed by atoms with E-state index in [1.807, 2.05) is 54.6 Å². The van der Waals surface area contributed by atoms with Gasteiger partial charge in [0.2, 0.25) is 0 Å². The highest BCUT2D eigenvalue weighted by molar-refractivity contribution is 5.79. The molecule has 3 rings (SSSR count). The molecule has 7 heteroatoms. The van der Waals surface area contributed by atoms with Crippen molar-refractivity contribution in [3.05, 3.63) is 82.0 Å². The number of esters is 1. The summed E-state index contributed by atoms with van der Waals surface area (Å²) in [6, 6.07) is 17.7. The molecule has 7 nitrogen and oxygen atoms in total. The minimum absolute atomic E-state index is 0.0496. The third-order valence-corrected chi connectivity index (χ3v) is 5.55. The van der Waals surface area contributed by atoms with Crippen LogP contribution in [0.3, 0.4) is 0 Å². The maximum absolute atomic E-state index is 12.9. The molecule has 2 aromatic carbocycles.